The molecule has 140 valence electrons. The quantitative estimate of drug-likeness (QED) is 0.626. The molecule has 0 aliphatic rings. The van der Waals surface area contributed by atoms with Crippen LogP contribution in [-0.4, -0.2) is 18.7 Å². The summed E-state index contributed by atoms with van der Waals surface area (Å²) in [6, 6.07) is 12.8. The van der Waals surface area contributed by atoms with Crippen LogP contribution < -0.4 is 10.2 Å². The Balaban J connectivity index is 2.22. The van der Waals surface area contributed by atoms with Gasteiger partial charge in [0.1, 0.15) is 5.58 Å². The normalized spacial score (nSPS) is 12.0. The van der Waals surface area contributed by atoms with Gasteiger partial charge in [-0.1, -0.05) is 30.3 Å². The van der Waals surface area contributed by atoms with Crippen LogP contribution in [-0.2, 0) is 9.53 Å². The summed E-state index contributed by atoms with van der Waals surface area (Å²) in [7, 11) is 0. The number of benzene rings is 2. The van der Waals surface area contributed by atoms with E-state index in [0.29, 0.717) is 22.3 Å². The van der Waals surface area contributed by atoms with E-state index >= 15 is 0 Å². The van der Waals surface area contributed by atoms with Gasteiger partial charge in [0.05, 0.1) is 12.0 Å². The lowest BCUT2D eigenvalue weighted by Crippen LogP contribution is -2.28. The van der Waals surface area contributed by atoms with Gasteiger partial charge < -0.3 is 13.9 Å². The fourth-order valence-corrected chi connectivity index (χ4v) is 2.80. The van der Waals surface area contributed by atoms with Crippen LogP contribution in [0.1, 0.15) is 25.0 Å². The minimum absolute atomic E-state index is 0.0116. The first-order chi connectivity index (χ1) is 12.9. The number of fused-ring (bicyclic) bond motifs is 1. The summed E-state index contributed by atoms with van der Waals surface area (Å²) in [5.74, 6) is -0.221. The van der Waals surface area contributed by atoms with Crippen molar-refractivity contribution in [3.8, 4) is 17.1 Å². The van der Waals surface area contributed by atoms with Gasteiger partial charge in [-0.3, -0.25) is 4.79 Å². The number of aryl methyl sites for hydroxylation is 2. The van der Waals surface area contributed by atoms with E-state index in [2.05, 4.69) is 0 Å². The smallest absolute Gasteiger partial charge is 0.347 e. The molecule has 0 unspecified atom stereocenters. The van der Waals surface area contributed by atoms with E-state index in [1.165, 1.54) is 0 Å². The third-order valence-corrected chi connectivity index (χ3v) is 4.41. The van der Waals surface area contributed by atoms with Gasteiger partial charge in [0.15, 0.2) is 11.9 Å². The van der Waals surface area contributed by atoms with Crippen molar-refractivity contribution in [1.29, 1.82) is 0 Å². The Bertz CT molecular complexity index is 1030. The zero-order valence-corrected chi connectivity index (χ0v) is 15.9. The number of carbonyl (C=O) groups is 1. The van der Waals surface area contributed by atoms with Crippen molar-refractivity contribution >= 4 is 16.9 Å². The number of hydrogen-bond acceptors (Lipinski definition) is 5. The number of ether oxygens (including phenoxy) is 2. The largest absolute Gasteiger partial charge is 0.471 e. The van der Waals surface area contributed by atoms with Gasteiger partial charge >= 0.3 is 5.97 Å². The molecule has 27 heavy (non-hydrogen) atoms. The second kappa shape index (κ2) is 7.66. The van der Waals surface area contributed by atoms with Crippen molar-refractivity contribution < 1.29 is 18.7 Å². The highest BCUT2D eigenvalue weighted by Gasteiger charge is 2.23. The van der Waals surface area contributed by atoms with Crippen LogP contribution in [0.2, 0.25) is 0 Å². The third kappa shape index (κ3) is 3.72. The van der Waals surface area contributed by atoms with Gasteiger partial charge in [-0.05, 0) is 51.0 Å². The first kappa shape index (κ1) is 18.7. The molecule has 1 aromatic heterocycles. The van der Waals surface area contributed by atoms with Gasteiger partial charge in [-0.15, -0.1) is 0 Å². The molecular weight excluding hydrogens is 344 g/mol. The predicted molar refractivity (Wildman–Crippen MR) is 104 cm³/mol. The molecule has 1 atom stereocenters. The molecule has 0 bridgehead atoms. The first-order valence-corrected chi connectivity index (χ1v) is 8.89. The number of rotatable bonds is 5. The Morgan fingerprint density at radius 3 is 2.44 bits per heavy atom. The van der Waals surface area contributed by atoms with E-state index in [-0.39, 0.29) is 17.8 Å². The highest BCUT2D eigenvalue weighted by Crippen LogP contribution is 2.32. The monoisotopic (exact) mass is 366 g/mol. The molecule has 5 heteroatoms. The SMILES string of the molecule is CCOC(=O)[C@H](C)Oc1c(-c2ccccc2)oc2cc(C)c(C)cc2c1=O. The molecule has 0 aliphatic carbocycles. The van der Waals surface area contributed by atoms with Gasteiger partial charge in [-0.2, -0.15) is 0 Å². The van der Waals surface area contributed by atoms with Crippen molar-refractivity contribution in [2.24, 2.45) is 0 Å². The summed E-state index contributed by atoms with van der Waals surface area (Å²) in [4.78, 5) is 25.2. The second-order valence-electron chi connectivity index (χ2n) is 6.40. The molecule has 0 radical (unpaired) electrons. The molecule has 0 saturated carbocycles. The Morgan fingerprint density at radius 1 is 1.11 bits per heavy atom. The summed E-state index contributed by atoms with van der Waals surface area (Å²) in [5, 5.41) is 0.420. The van der Waals surface area contributed by atoms with E-state index in [1.54, 1.807) is 19.9 Å². The Hall–Kier alpha value is -3.08. The van der Waals surface area contributed by atoms with E-state index in [9.17, 15) is 9.59 Å². The maximum Gasteiger partial charge on any atom is 0.347 e. The van der Waals surface area contributed by atoms with E-state index in [0.717, 1.165) is 11.1 Å². The summed E-state index contributed by atoms with van der Waals surface area (Å²) in [6.45, 7) is 7.40. The molecule has 0 saturated heterocycles. The van der Waals surface area contributed by atoms with Gasteiger partial charge in [-0.25, -0.2) is 4.79 Å². The Kier molecular flexibility index (Phi) is 5.31. The highest BCUT2D eigenvalue weighted by atomic mass is 16.6. The fraction of sp³-hybridized carbons (Fsp3) is 0.273. The predicted octanol–water partition coefficient (Wildman–Crippen LogP) is 4.41. The average molecular weight is 366 g/mol. The molecular formula is C22H22O5. The van der Waals surface area contributed by atoms with E-state index in [1.807, 2.05) is 50.2 Å². The van der Waals surface area contributed by atoms with Crippen LogP contribution in [0.4, 0.5) is 0 Å². The van der Waals surface area contributed by atoms with Crippen molar-refractivity contribution in [2.45, 2.75) is 33.8 Å². The molecule has 0 aliphatic heterocycles. The molecule has 0 fully saturated rings. The molecule has 2 aromatic carbocycles. The van der Waals surface area contributed by atoms with Crippen molar-refractivity contribution in [2.75, 3.05) is 6.61 Å². The minimum Gasteiger partial charge on any atom is -0.471 e. The van der Waals surface area contributed by atoms with Gasteiger partial charge in [0.2, 0.25) is 11.2 Å². The summed E-state index contributed by atoms with van der Waals surface area (Å²) in [6.07, 6.45) is -0.931. The summed E-state index contributed by atoms with van der Waals surface area (Å²) in [5.41, 5.74) is 2.87. The fourth-order valence-electron chi connectivity index (χ4n) is 2.80. The molecule has 0 spiro atoms. The van der Waals surface area contributed by atoms with Crippen molar-refractivity contribution in [3.63, 3.8) is 0 Å². The molecule has 0 N–H and O–H groups in total. The van der Waals surface area contributed by atoms with Crippen molar-refractivity contribution in [3.05, 3.63) is 63.8 Å². The van der Waals surface area contributed by atoms with E-state index < -0.39 is 12.1 Å². The van der Waals surface area contributed by atoms with Crippen LogP contribution in [0.5, 0.6) is 5.75 Å². The summed E-state index contributed by atoms with van der Waals surface area (Å²) >= 11 is 0. The van der Waals surface area contributed by atoms with Crippen LogP contribution in [0.3, 0.4) is 0 Å². The van der Waals surface area contributed by atoms with E-state index in [4.69, 9.17) is 13.9 Å². The van der Waals surface area contributed by atoms with Gasteiger partial charge in [0.25, 0.3) is 0 Å². The molecule has 3 rings (SSSR count). The maximum atomic E-state index is 13.2. The third-order valence-electron chi connectivity index (χ3n) is 4.41. The summed E-state index contributed by atoms with van der Waals surface area (Å²) < 4.78 is 16.8. The first-order valence-electron chi connectivity index (χ1n) is 8.89. The number of esters is 1. The van der Waals surface area contributed by atoms with Gasteiger partial charge in [0, 0.05) is 5.56 Å². The van der Waals surface area contributed by atoms with Crippen LogP contribution >= 0.6 is 0 Å². The Morgan fingerprint density at radius 2 is 1.78 bits per heavy atom. The lowest BCUT2D eigenvalue weighted by atomic mass is 10.0. The lowest BCUT2D eigenvalue weighted by molar-refractivity contribution is -0.150. The molecule has 0 amide bonds. The standard InChI is InChI=1S/C22H22O5/c1-5-25-22(24)15(4)26-21-19(23)17-11-13(2)14(3)12-18(17)27-20(21)16-9-7-6-8-10-16/h6-12,15H,5H2,1-4H3/t15-/m0/s1. The molecule has 5 nitrogen and oxygen atoms in total. The zero-order valence-electron chi connectivity index (χ0n) is 15.9. The number of carbonyl (C=O) groups excluding carboxylic acids is 1. The Labute approximate surface area is 157 Å². The molecule has 1 heterocycles. The maximum absolute atomic E-state index is 13.2. The van der Waals surface area contributed by atoms with Crippen LogP contribution in [0.25, 0.3) is 22.3 Å². The van der Waals surface area contributed by atoms with Crippen molar-refractivity contribution in [1.82, 2.24) is 0 Å². The minimum atomic E-state index is -0.931. The van der Waals surface area contributed by atoms with Crippen LogP contribution in [0, 0.1) is 13.8 Å². The lowest BCUT2D eigenvalue weighted by Gasteiger charge is -2.16. The highest BCUT2D eigenvalue weighted by molar-refractivity contribution is 5.84. The van der Waals surface area contributed by atoms with Crippen LogP contribution in [0.15, 0.2) is 51.7 Å². The molecule has 3 aromatic rings. The topological polar surface area (TPSA) is 65.7 Å². The average Bonchev–Trinajstić information content (AvgIpc) is 2.66. The second-order valence-corrected chi connectivity index (χ2v) is 6.40. The number of hydrogen-bond donors (Lipinski definition) is 0. The zero-order chi connectivity index (χ0) is 19.6.